The zero-order chi connectivity index (χ0) is 12.4. The van der Waals surface area contributed by atoms with Gasteiger partial charge in [-0.3, -0.25) is 4.79 Å². The van der Waals surface area contributed by atoms with Crippen molar-refractivity contribution in [2.24, 2.45) is 0 Å². The van der Waals surface area contributed by atoms with Crippen LogP contribution in [0.5, 0.6) is 0 Å². The number of amides is 1. The highest BCUT2D eigenvalue weighted by atomic mass is 79.9. The maximum atomic E-state index is 11.4. The highest BCUT2D eigenvalue weighted by Crippen LogP contribution is 1.99. The Hall–Kier alpha value is -0.0900. The van der Waals surface area contributed by atoms with Gasteiger partial charge in [0.2, 0.25) is 5.91 Å². The third-order valence-corrected chi connectivity index (χ3v) is 3.48. The van der Waals surface area contributed by atoms with Gasteiger partial charge in [0.05, 0.1) is 0 Å². The molecule has 0 rings (SSSR count). The van der Waals surface area contributed by atoms with Crippen molar-refractivity contribution >= 4 is 21.8 Å². The third kappa shape index (κ3) is 8.11. The van der Waals surface area contributed by atoms with E-state index in [4.69, 9.17) is 0 Å². The number of hydrogen-bond donors (Lipinski definition) is 1. The Labute approximate surface area is 108 Å². The molecule has 0 spiro atoms. The SMILES string of the molecule is CCC(C)N(C)CCNC(=O)CCCCBr. The summed E-state index contributed by atoms with van der Waals surface area (Å²) in [6.45, 7) is 6.07. The molecule has 0 heterocycles. The van der Waals surface area contributed by atoms with Crippen LogP contribution in [0, 0.1) is 0 Å². The highest BCUT2D eigenvalue weighted by molar-refractivity contribution is 9.09. The highest BCUT2D eigenvalue weighted by Gasteiger charge is 2.06. The summed E-state index contributed by atoms with van der Waals surface area (Å²) in [6.07, 6.45) is 3.84. The molecule has 4 heteroatoms. The molecule has 0 aromatic carbocycles. The maximum absolute atomic E-state index is 11.4. The Morgan fingerprint density at radius 1 is 1.44 bits per heavy atom. The molecule has 3 nitrogen and oxygen atoms in total. The van der Waals surface area contributed by atoms with Crippen LogP contribution in [-0.2, 0) is 4.79 Å². The summed E-state index contributed by atoms with van der Waals surface area (Å²) in [5, 5.41) is 3.94. The molecule has 0 aliphatic rings. The summed E-state index contributed by atoms with van der Waals surface area (Å²) < 4.78 is 0. The number of halogens is 1. The van der Waals surface area contributed by atoms with Gasteiger partial charge in [-0.15, -0.1) is 0 Å². The lowest BCUT2D eigenvalue weighted by molar-refractivity contribution is -0.121. The van der Waals surface area contributed by atoms with Crippen LogP contribution in [-0.4, -0.2) is 42.3 Å². The minimum atomic E-state index is 0.179. The number of hydrogen-bond acceptors (Lipinski definition) is 2. The van der Waals surface area contributed by atoms with E-state index in [1.54, 1.807) is 0 Å². The number of alkyl halides is 1. The van der Waals surface area contributed by atoms with E-state index in [9.17, 15) is 4.79 Å². The average Bonchev–Trinajstić information content (AvgIpc) is 2.28. The van der Waals surface area contributed by atoms with E-state index in [1.807, 2.05) is 0 Å². The van der Waals surface area contributed by atoms with Crippen LogP contribution in [0.25, 0.3) is 0 Å². The topological polar surface area (TPSA) is 32.3 Å². The molecular weight excluding hydrogens is 268 g/mol. The minimum Gasteiger partial charge on any atom is -0.355 e. The van der Waals surface area contributed by atoms with Crippen molar-refractivity contribution in [2.75, 3.05) is 25.5 Å². The monoisotopic (exact) mass is 292 g/mol. The number of rotatable bonds is 9. The van der Waals surface area contributed by atoms with Gasteiger partial charge in [-0.25, -0.2) is 0 Å². The zero-order valence-corrected chi connectivity index (χ0v) is 12.3. The average molecular weight is 293 g/mol. The van der Waals surface area contributed by atoms with Crippen LogP contribution in [0.3, 0.4) is 0 Å². The number of carbonyl (C=O) groups is 1. The van der Waals surface area contributed by atoms with E-state index >= 15 is 0 Å². The maximum Gasteiger partial charge on any atom is 0.220 e. The fourth-order valence-electron chi connectivity index (χ4n) is 1.37. The van der Waals surface area contributed by atoms with Gasteiger partial charge in [0.25, 0.3) is 0 Å². The molecule has 0 radical (unpaired) electrons. The molecule has 1 atom stereocenters. The summed E-state index contributed by atoms with van der Waals surface area (Å²) in [5.41, 5.74) is 0. The molecule has 16 heavy (non-hydrogen) atoms. The summed E-state index contributed by atoms with van der Waals surface area (Å²) in [6, 6.07) is 0.588. The largest absolute Gasteiger partial charge is 0.355 e. The second-order valence-corrected chi connectivity index (χ2v) is 5.03. The van der Waals surface area contributed by atoms with E-state index in [0.29, 0.717) is 12.5 Å². The lowest BCUT2D eigenvalue weighted by Gasteiger charge is -2.23. The van der Waals surface area contributed by atoms with E-state index in [-0.39, 0.29) is 5.91 Å². The lowest BCUT2D eigenvalue weighted by Crippen LogP contribution is -2.36. The fraction of sp³-hybridized carbons (Fsp3) is 0.917. The Bertz CT molecular complexity index is 188. The van der Waals surface area contributed by atoms with E-state index in [1.165, 1.54) is 0 Å². The smallest absolute Gasteiger partial charge is 0.220 e. The number of unbranched alkanes of at least 4 members (excludes halogenated alkanes) is 1. The first-order valence-corrected chi connectivity index (χ1v) is 7.26. The molecular formula is C12H25BrN2O. The molecule has 1 N–H and O–H groups in total. The number of nitrogens with one attached hydrogen (secondary N) is 1. The molecule has 0 aliphatic carbocycles. The first-order valence-electron chi connectivity index (χ1n) is 6.14. The molecule has 96 valence electrons. The van der Waals surface area contributed by atoms with Crippen molar-refractivity contribution in [3.05, 3.63) is 0 Å². The predicted octanol–water partition coefficient (Wildman–Crippen LogP) is 2.40. The quantitative estimate of drug-likeness (QED) is 0.523. The molecule has 0 aromatic rings. The Morgan fingerprint density at radius 3 is 2.69 bits per heavy atom. The lowest BCUT2D eigenvalue weighted by atomic mass is 10.2. The van der Waals surface area contributed by atoms with Crippen LogP contribution in [0.15, 0.2) is 0 Å². The van der Waals surface area contributed by atoms with Gasteiger partial charge in [-0.05, 0) is 33.2 Å². The molecule has 1 amide bonds. The van der Waals surface area contributed by atoms with E-state index in [0.717, 1.165) is 37.7 Å². The van der Waals surface area contributed by atoms with Crippen LogP contribution in [0.1, 0.15) is 39.5 Å². The first kappa shape index (κ1) is 15.9. The molecule has 1 unspecified atom stereocenters. The van der Waals surface area contributed by atoms with Crippen LogP contribution in [0.2, 0.25) is 0 Å². The third-order valence-electron chi connectivity index (χ3n) is 2.92. The van der Waals surface area contributed by atoms with Gasteiger partial charge >= 0.3 is 0 Å². The van der Waals surface area contributed by atoms with Crippen molar-refractivity contribution < 1.29 is 4.79 Å². The van der Waals surface area contributed by atoms with Crippen molar-refractivity contribution in [1.29, 1.82) is 0 Å². The van der Waals surface area contributed by atoms with Gasteiger partial charge < -0.3 is 10.2 Å². The van der Waals surface area contributed by atoms with Crippen LogP contribution < -0.4 is 5.32 Å². The molecule has 0 aromatic heterocycles. The van der Waals surface area contributed by atoms with Gasteiger partial charge in [0.1, 0.15) is 0 Å². The van der Waals surface area contributed by atoms with Crippen molar-refractivity contribution in [2.45, 2.75) is 45.6 Å². The first-order chi connectivity index (χ1) is 7.61. The predicted molar refractivity (Wildman–Crippen MR) is 73.0 cm³/mol. The Morgan fingerprint density at radius 2 is 2.12 bits per heavy atom. The summed E-state index contributed by atoms with van der Waals surface area (Å²) in [7, 11) is 2.10. The van der Waals surface area contributed by atoms with Crippen LogP contribution >= 0.6 is 15.9 Å². The van der Waals surface area contributed by atoms with Gasteiger partial charge in [0, 0.05) is 30.9 Å². The number of nitrogens with zero attached hydrogens (tertiary/aromatic N) is 1. The number of carbonyl (C=O) groups excluding carboxylic acids is 1. The van der Waals surface area contributed by atoms with Crippen molar-refractivity contribution in [3.63, 3.8) is 0 Å². The van der Waals surface area contributed by atoms with Gasteiger partial charge in [0.15, 0.2) is 0 Å². The fourth-order valence-corrected chi connectivity index (χ4v) is 1.77. The summed E-state index contributed by atoms with van der Waals surface area (Å²) >= 11 is 3.36. The molecule has 0 saturated heterocycles. The normalized spacial score (nSPS) is 12.8. The second kappa shape index (κ2) is 10.1. The van der Waals surface area contributed by atoms with Crippen LogP contribution in [0.4, 0.5) is 0 Å². The second-order valence-electron chi connectivity index (χ2n) is 4.23. The summed E-state index contributed by atoms with van der Waals surface area (Å²) in [4.78, 5) is 13.7. The van der Waals surface area contributed by atoms with E-state index < -0.39 is 0 Å². The molecule has 0 aliphatic heterocycles. The van der Waals surface area contributed by atoms with Crippen molar-refractivity contribution in [1.82, 2.24) is 10.2 Å². The number of likely N-dealkylation sites (N-methyl/N-ethyl adjacent to an activating group) is 1. The zero-order valence-electron chi connectivity index (χ0n) is 10.8. The summed E-state index contributed by atoms with van der Waals surface area (Å²) in [5.74, 6) is 0.179. The van der Waals surface area contributed by atoms with E-state index in [2.05, 4.69) is 47.0 Å². The molecule has 0 saturated carbocycles. The Kier molecular flexibility index (Phi) is 10.0. The van der Waals surface area contributed by atoms with Gasteiger partial charge in [-0.2, -0.15) is 0 Å². The van der Waals surface area contributed by atoms with Gasteiger partial charge in [-0.1, -0.05) is 22.9 Å². The molecule has 0 fully saturated rings. The standard InChI is InChI=1S/C12H25BrN2O/c1-4-11(2)15(3)10-9-14-12(16)7-5-6-8-13/h11H,4-10H2,1-3H3,(H,14,16). The minimum absolute atomic E-state index is 0.179. The van der Waals surface area contributed by atoms with Crippen molar-refractivity contribution in [3.8, 4) is 0 Å². The molecule has 0 bridgehead atoms. The Balaban J connectivity index is 3.46.